The molecule has 2 atom stereocenters. The van der Waals surface area contributed by atoms with Gasteiger partial charge in [-0.25, -0.2) is 8.42 Å². The minimum Gasteiger partial charge on any atom is -0.497 e. The van der Waals surface area contributed by atoms with Gasteiger partial charge in [0.15, 0.2) is 23.0 Å². The van der Waals surface area contributed by atoms with E-state index in [2.05, 4.69) is 122 Å². The lowest BCUT2D eigenvalue weighted by Gasteiger charge is -2.62. The summed E-state index contributed by atoms with van der Waals surface area (Å²) in [6.07, 6.45) is 11.4. The maximum Gasteiger partial charge on any atom is 0.206 e. The van der Waals surface area contributed by atoms with Gasteiger partial charge in [-0.05, 0) is 209 Å². The summed E-state index contributed by atoms with van der Waals surface area (Å²) < 4.78 is 38.7. The Bertz CT molecular complexity index is 3520. The summed E-state index contributed by atoms with van der Waals surface area (Å²) in [5, 5.41) is 0. The number of hydrogen-bond donors (Lipinski definition) is 0. The lowest BCUT2D eigenvalue weighted by atomic mass is 9.42. The number of allylic oxidation sites excluding steroid dienone is 2. The van der Waals surface area contributed by atoms with Crippen LogP contribution >= 0.6 is 0 Å². The minimum atomic E-state index is -3.85. The van der Waals surface area contributed by atoms with Crippen LogP contribution in [-0.4, -0.2) is 22.6 Å². The van der Waals surface area contributed by atoms with Gasteiger partial charge in [-0.15, -0.1) is 13.2 Å². The van der Waals surface area contributed by atoms with Gasteiger partial charge in [0.25, 0.3) is 0 Å². The zero-order chi connectivity index (χ0) is 52.1. The van der Waals surface area contributed by atoms with Crippen LogP contribution in [0.25, 0.3) is 11.1 Å². The zero-order valence-electron chi connectivity index (χ0n) is 42.9. The summed E-state index contributed by atoms with van der Waals surface area (Å²) >= 11 is 0. The van der Waals surface area contributed by atoms with E-state index in [0.29, 0.717) is 59.0 Å². The number of benzene rings is 8. The molecular formula is C67H60O8S. The van der Waals surface area contributed by atoms with Crippen molar-refractivity contribution in [2.75, 3.05) is 14.2 Å². The zero-order valence-corrected chi connectivity index (χ0v) is 43.7. The number of fused-ring (bicyclic) bond motifs is 3. The molecule has 8 aromatic rings. The summed E-state index contributed by atoms with van der Waals surface area (Å²) in [5.74, 6) is 5.00. The SMILES string of the molecule is C=CCc1cc(S(=O)(=O)c2ccc(OOc3ccc(C45CC6CC(CC(c7ccc(OOc8ccc(C9(c%10ccc(OC)cc%10)c%10ccccc%10-c%10ccccc%109)cc8)cc7)(C6)C4)C5)cc3)c(CC=C)c2)ccc1OC. The number of hydrogen-bond acceptors (Lipinski definition) is 8. The van der Waals surface area contributed by atoms with Crippen molar-refractivity contribution in [3.05, 3.63) is 252 Å². The predicted molar refractivity (Wildman–Crippen MR) is 296 cm³/mol. The molecule has 5 aliphatic rings. The number of methoxy groups -OCH3 is 2. The van der Waals surface area contributed by atoms with E-state index in [1.54, 1.807) is 62.8 Å². The van der Waals surface area contributed by atoms with Gasteiger partial charge in [-0.2, -0.15) is 0 Å². The van der Waals surface area contributed by atoms with E-state index in [1.807, 2.05) is 36.4 Å². The van der Waals surface area contributed by atoms with Gasteiger partial charge in [-0.1, -0.05) is 109 Å². The molecule has 0 aromatic heterocycles. The highest BCUT2D eigenvalue weighted by atomic mass is 32.2. The van der Waals surface area contributed by atoms with E-state index in [-0.39, 0.29) is 20.6 Å². The molecule has 4 fully saturated rings. The van der Waals surface area contributed by atoms with E-state index < -0.39 is 15.3 Å². The van der Waals surface area contributed by atoms with Crippen molar-refractivity contribution in [3.8, 4) is 45.6 Å². The molecular weight excluding hydrogens is 965 g/mol. The van der Waals surface area contributed by atoms with E-state index in [0.717, 1.165) is 28.9 Å². The summed E-state index contributed by atoms with van der Waals surface area (Å²) in [7, 11) is -0.583. The largest absolute Gasteiger partial charge is 0.497 e. The van der Waals surface area contributed by atoms with Gasteiger partial charge in [0.05, 0.1) is 29.4 Å². The molecule has 382 valence electrons. The molecule has 0 N–H and O–H groups in total. The van der Waals surface area contributed by atoms with Crippen LogP contribution in [0.2, 0.25) is 0 Å². The van der Waals surface area contributed by atoms with Crippen molar-refractivity contribution in [1.29, 1.82) is 0 Å². The van der Waals surface area contributed by atoms with Gasteiger partial charge in [0.2, 0.25) is 9.84 Å². The second-order valence-electron chi connectivity index (χ2n) is 21.2. The maximum absolute atomic E-state index is 13.8. The Labute approximate surface area is 446 Å². The van der Waals surface area contributed by atoms with Crippen molar-refractivity contribution in [2.24, 2.45) is 11.8 Å². The van der Waals surface area contributed by atoms with Crippen LogP contribution in [0.1, 0.15) is 83.0 Å². The molecule has 8 nitrogen and oxygen atoms in total. The predicted octanol–water partition coefficient (Wildman–Crippen LogP) is 14.9. The molecule has 0 aliphatic heterocycles. The first-order chi connectivity index (χ1) is 37.1. The first-order valence-corrected chi connectivity index (χ1v) is 27.7. The van der Waals surface area contributed by atoms with Crippen LogP contribution in [0.5, 0.6) is 34.5 Å². The summed E-state index contributed by atoms with van der Waals surface area (Å²) in [5.41, 5.74) is 11.0. The van der Waals surface area contributed by atoms with Gasteiger partial charge >= 0.3 is 0 Å². The van der Waals surface area contributed by atoms with E-state index in [1.165, 1.54) is 65.5 Å². The van der Waals surface area contributed by atoms with Crippen LogP contribution in [0.3, 0.4) is 0 Å². The topological polar surface area (TPSA) is 89.5 Å². The number of rotatable bonds is 18. The first-order valence-electron chi connectivity index (χ1n) is 26.2. The molecule has 8 aromatic carbocycles. The molecule has 76 heavy (non-hydrogen) atoms. The lowest BCUT2D eigenvalue weighted by molar-refractivity contribution is -0.101. The smallest absolute Gasteiger partial charge is 0.206 e. The Balaban J connectivity index is 0.725. The standard InChI is InChI=1S/C67H60O8S/c1-5-11-47-38-57(33-35-63(47)71-4)76(68,69)58-34-36-64(48(39-58)12-6-2)75-74-56-29-19-50(20-30-56)66-42-45-37-46(43-66)41-65(40-45,44-66)49-17-27-54(28-18-49)72-73-55-31-23-52(24-32-55)67(51-21-25-53(70-3)26-22-51)61-15-9-7-13-59(61)60-14-8-10-16-62(60)67/h5-10,13-36,38-39,45-46H,1-2,11-12,37,40-44H2,3-4H3. The molecule has 9 heteroatoms. The Kier molecular flexibility index (Phi) is 12.6. The average Bonchev–Trinajstić information content (AvgIpc) is 3.77. The van der Waals surface area contributed by atoms with E-state index in [9.17, 15) is 8.42 Å². The second kappa shape index (κ2) is 19.6. The van der Waals surface area contributed by atoms with E-state index >= 15 is 0 Å². The Morgan fingerprint density at radius 3 is 1.33 bits per heavy atom. The molecule has 5 aliphatic carbocycles. The fourth-order valence-corrected chi connectivity index (χ4v) is 15.3. The van der Waals surface area contributed by atoms with Crippen LogP contribution in [0.15, 0.2) is 217 Å². The maximum atomic E-state index is 13.8. The van der Waals surface area contributed by atoms with Crippen LogP contribution < -0.4 is 29.0 Å². The number of sulfone groups is 1. The molecule has 0 radical (unpaired) electrons. The fourth-order valence-electron chi connectivity index (χ4n) is 14.0. The summed E-state index contributed by atoms with van der Waals surface area (Å²) in [4.78, 5) is 24.2. The molecule has 0 saturated heterocycles. The highest BCUT2D eigenvalue weighted by Gasteiger charge is 2.58. The second-order valence-corrected chi connectivity index (χ2v) is 23.2. The Morgan fingerprint density at radius 1 is 0.474 bits per heavy atom. The molecule has 13 rings (SSSR count). The summed E-state index contributed by atoms with van der Waals surface area (Å²) in [6.45, 7) is 7.70. The van der Waals surface area contributed by atoms with Crippen molar-refractivity contribution < 1.29 is 37.4 Å². The molecule has 2 unspecified atom stereocenters. The van der Waals surface area contributed by atoms with Gasteiger partial charge in [0, 0.05) is 5.56 Å². The molecule has 0 spiro atoms. The molecule has 0 heterocycles. The highest BCUT2D eigenvalue weighted by molar-refractivity contribution is 7.91. The van der Waals surface area contributed by atoms with Crippen molar-refractivity contribution in [2.45, 2.75) is 77.4 Å². The van der Waals surface area contributed by atoms with Gasteiger partial charge in [0.1, 0.15) is 11.5 Å². The van der Waals surface area contributed by atoms with Crippen LogP contribution in [-0.2, 0) is 38.9 Å². The summed E-state index contributed by atoms with van der Waals surface area (Å²) in [6, 6.07) is 60.9. The Hall–Kier alpha value is -8.01. The van der Waals surface area contributed by atoms with Crippen molar-refractivity contribution in [1.82, 2.24) is 0 Å². The Morgan fingerprint density at radius 2 is 0.882 bits per heavy atom. The molecule has 4 bridgehead atoms. The monoisotopic (exact) mass is 1020 g/mol. The quantitative estimate of drug-likeness (QED) is 0.0477. The minimum absolute atomic E-state index is 0.0668. The first kappa shape index (κ1) is 48.9. The van der Waals surface area contributed by atoms with Gasteiger partial charge < -0.3 is 9.47 Å². The van der Waals surface area contributed by atoms with Crippen molar-refractivity contribution in [3.63, 3.8) is 0 Å². The highest BCUT2D eigenvalue weighted by Crippen LogP contribution is 2.66. The van der Waals surface area contributed by atoms with Gasteiger partial charge in [-0.3, -0.25) is 19.6 Å². The molecule has 0 amide bonds. The average molecular weight is 1030 g/mol. The van der Waals surface area contributed by atoms with E-state index in [4.69, 9.17) is 29.0 Å². The normalized spacial score (nSPS) is 20.4. The number of ether oxygens (including phenoxy) is 2. The van der Waals surface area contributed by atoms with Crippen LogP contribution in [0.4, 0.5) is 0 Å². The fraction of sp³-hybridized carbons (Fsp3) is 0.224. The van der Waals surface area contributed by atoms with Crippen molar-refractivity contribution >= 4 is 9.84 Å². The lowest BCUT2D eigenvalue weighted by Crippen LogP contribution is -2.55. The third kappa shape index (κ3) is 8.42. The third-order valence-corrected chi connectivity index (χ3v) is 18.6. The van der Waals surface area contributed by atoms with Crippen LogP contribution in [0, 0.1) is 11.8 Å². The molecule has 4 saturated carbocycles. The third-order valence-electron chi connectivity index (χ3n) is 16.9.